The van der Waals surface area contributed by atoms with Crippen molar-refractivity contribution in [2.75, 3.05) is 6.54 Å². The topological polar surface area (TPSA) is 29.3 Å². The number of nitrogens with two attached hydrogens (primary N) is 1. The smallest absolute Gasteiger partial charge is 0.0702 e. The van der Waals surface area contributed by atoms with Crippen LogP contribution in [0, 0.1) is 5.92 Å². The molecule has 0 saturated heterocycles. The first-order valence-corrected chi connectivity index (χ1v) is 9.81. The summed E-state index contributed by atoms with van der Waals surface area (Å²) in [5.41, 5.74) is 6.53. The molecule has 1 aromatic heterocycles. The third-order valence-corrected chi connectivity index (χ3v) is 5.80. The van der Waals surface area contributed by atoms with Crippen LogP contribution in [0.2, 0.25) is 0 Å². The van der Waals surface area contributed by atoms with Crippen LogP contribution in [-0.4, -0.2) is 23.5 Å². The average Bonchev–Trinajstić information content (AvgIpc) is 2.85. The summed E-state index contributed by atoms with van der Waals surface area (Å²) in [6.45, 7) is 12.5. The predicted molar refractivity (Wildman–Crippen MR) is 98.9 cm³/mol. The average molecular weight is 375 g/mol. The summed E-state index contributed by atoms with van der Waals surface area (Å²) in [6.07, 6.45) is 3.38. The second kappa shape index (κ2) is 9.29. The van der Waals surface area contributed by atoms with E-state index in [0.717, 1.165) is 13.0 Å². The van der Waals surface area contributed by atoms with Gasteiger partial charge in [-0.15, -0.1) is 11.3 Å². The third kappa shape index (κ3) is 5.34. The van der Waals surface area contributed by atoms with E-state index < -0.39 is 0 Å². The molecule has 0 radical (unpaired) electrons. The zero-order valence-corrected chi connectivity index (χ0v) is 16.5. The highest BCUT2D eigenvalue weighted by Gasteiger charge is 2.31. The van der Waals surface area contributed by atoms with Crippen LogP contribution in [0.25, 0.3) is 0 Å². The molecule has 2 N–H and O–H groups in total. The number of hydrogen-bond acceptors (Lipinski definition) is 3. The molecule has 21 heavy (non-hydrogen) atoms. The third-order valence-electron chi connectivity index (χ3n) is 4.11. The SMILES string of the molecule is CCC(N)C(c1ccc(Br)s1)N(CC(C)C)C(CC)CC. The van der Waals surface area contributed by atoms with Gasteiger partial charge in [-0.3, -0.25) is 4.90 Å². The Labute approximate surface area is 143 Å². The fourth-order valence-electron chi connectivity index (χ4n) is 3.00. The Balaban J connectivity index is 3.15. The minimum Gasteiger partial charge on any atom is -0.326 e. The standard InChI is InChI=1S/C17H31BrN2S/c1-6-13(7-2)20(11-12(4)5)17(14(19)8-3)15-9-10-16(18)21-15/h9-10,12-14,17H,6-8,11,19H2,1-5H3. The summed E-state index contributed by atoms with van der Waals surface area (Å²) >= 11 is 5.43. The molecule has 1 rings (SSSR count). The number of thiophene rings is 1. The molecule has 1 heterocycles. The molecular weight excluding hydrogens is 344 g/mol. The molecule has 0 bridgehead atoms. The normalized spacial score (nSPS) is 15.1. The first kappa shape index (κ1) is 19.1. The van der Waals surface area contributed by atoms with Crippen molar-refractivity contribution in [3.8, 4) is 0 Å². The van der Waals surface area contributed by atoms with Crippen LogP contribution >= 0.6 is 27.3 Å². The molecule has 4 heteroatoms. The van der Waals surface area contributed by atoms with Gasteiger partial charge in [0.05, 0.1) is 9.83 Å². The molecule has 2 unspecified atom stereocenters. The highest BCUT2D eigenvalue weighted by molar-refractivity contribution is 9.11. The Bertz CT molecular complexity index is 401. The van der Waals surface area contributed by atoms with Crippen molar-refractivity contribution >= 4 is 27.3 Å². The predicted octanol–water partition coefficient (Wildman–Crippen LogP) is 5.44. The van der Waals surface area contributed by atoms with Crippen LogP contribution in [0.15, 0.2) is 15.9 Å². The van der Waals surface area contributed by atoms with Gasteiger partial charge in [-0.25, -0.2) is 0 Å². The van der Waals surface area contributed by atoms with Crippen molar-refractivity contribution in [1.82, 2.24) is 4.90 Å². The maximum absolute atomic E-state index is 6.53. The van der Waals surface area contributed by atoms with Gasteiger partial charge in [0.2, 0.25) is 0 Å². The van der Waals surface area contributed by atoms with E-state index >= 15 is 0 Å². The van der Waals surface area contributed by atoms with E-state index in [4.69, 9.17) is 5.73 Å². The Morgan fingerprint density at radius 3 is 2.14 bits per heavy atom. The van der Waals surface area contributed by atoms with Crippen molar-refractivity contribution in [3.63, 3.8) is 0 Å². The van der Waals surface area contributed by atoms with Crippen LogP contribution in [-0.2, 0) is 0 Å². The van der Waals surface area contributed by atoms with Crippen molar-refractivity contribution in [2.45, 2.75) is 72.0 Å². The van der Waals surface area contributed by atoms with Gasteiger partial charge in [-0.2, -0.15) is 0 Å². The second-order valence-electron chi connectivity index (χ2n) is 6.22. The Morgan fingerprint density at radius 2 is 1.76 bits per heavy atom. The minimum atomic E-state index is 0.190. The zero-order valence-electron chi connectivity index (χ0n) is 14.1. The highest BCUT2D eigenvalue weighted by atomic mass is 79.9. The molecule has 0 aliphatic carbocycles. The number of rotatable bonds is 9. The lowest BCUT2D eigenvalue weighted by Gasteiger charge is -2.41. The number of hydrogen-bond donors (Lipinski definition) is 1. The van der Waals surface area contributed by atoms with Crippen LogP contribution in [0.5, 0.6) is 0 Å². The Kier molecular flexibility index (Phi) is 8.47. The fraction of sp³-hybridized carbons (Fsp3) is 0.765. The van der Waals surface area contributed by atoms with E-state index in [-0.39, 0.29) is 6.04 Å². The van der Waals surface area contributed by atoms with E-state index in [9.17, 15) is 0 Å². The molecule has 0 spiro atoms. The molecule has 0 amide bonds. The van der Waals surface area contributed by atoms with Gasteiger partial charge in [0.1, 0.15) is 0 Å². The first-order chi connectivity index (χ1) is 9.94. The Hall–Kier alpha value is 0.1000. The van der Waals surface area contributed by atoms with Crippen molar-refractivity contribution in [1.29, 1.82) is 0 Å². The molecule has 0 aliphatic rings. The van der Waals surface area contributed by atoms with Crippen LogP contribution < -0.4 is 5.73 Å². The van der Waals surface area contributed by atoms with E-state index in [1.165, 1.54) is 21.5 Å². The van der Waals surface area contributed by atoms with Gasteiger partial charge in [0.25, 0.3) is 0 Å². The van der Waals surface area contributed by atoms with E-state index in [0.29, 0.717) is 18.0 Å². The molecule has 1 aromatic rings. The molecular formula is C17H31BrN2S. The summed E-state index contributed by atoms with van der Waals surface area (Å²) in [6, 6.07) is 5.52. The summed E-state index contributed by atoms with van der Waals surface area (Å²) in [5.74, 6) is 0.653. The molecule has 0 fully saturated rings. The van der Waals surface area contributed by atoms with Gasteiger partial charge < -0.3 is 5.73 Å². The molecule has 0 aliphatic heterocycles. The maximum atomic E-state index is 6.53. The molecule has 0 saturated carbocycles. The molecule has 2 atom stereocenters. The van der Waals surface area contributed by atoms with Crippen molar-refractivity contribution < 1.29 is 0 Å². The Morgan fingerprint density at radius 1 is 1.14 bits per heavy atom. The van der Waals surface area contributed by atoms with E-state index in [1.54, 1.807) is 0 Å². The van der Waals surface area contributed by atoms with Gasteiger partial charge in [0, 0.05) is 23.5 Å². The summed E-state index contributed by atoms with van der Waals surface area (Å²) in [5, 5.41) is 0. The van der Waals surface area contributed by atoms with E-state index in [1.807, 2.05) is 11.3 Å². The zero-order chi connectivity index (χ0) is 16.0. The minimum absolute atomic E-state index is 0.190. The number of halogens is 1. The van der Waals surface area contributed by atoms with Crippen LogP contribution in [0.1, 0.15) is 64.8 Å². The summed E-state index contributed by atoms with van der Waals surface area (Å²) in [4.78, 5) is 4.06. The van der Waals surface area contributed by atoms with Crippen LogP contribution in [0.4, 0.5) is 0 Å². The van der Waals surface area contributed by atoms with Gasteiger partial charge >= 0.3 is 0 Å². The highest BCUT2D eigenvalue weighted by Crippen LogP contribution is 2.35. The summed E-state index contributed by atoms with van der Waals surface area (Å²) in [7, 11) is 0. The maximum Gasteiger partial charge on any atom is 0.0702 e. The second-order valence-corrected chi connectivity index (χ2v) is 8.71. The lowest BCUT2D eigenvalue weighted by Crippen LogP contribution is -2.47. The van der Waals surface area contributed by atoms with Gasteiger partial charge in [-0.1, -0.05) is 34.6 Å². The lowest BCUT2D eigenvalue weighted by molar-refractivity contribution is 0.0930. The molecule has 122 valence electrons. The van der Waals surface area contributed by atoms with Gasteiger partial charge in [0.15, 0.2) is 0 Å². The molecule has 0 aromatic carbocycles. The largest absolute Gasteiger partial charge is 0.326 e. The quantitative estimate of drug-likeness (QED) is 0.623. The van der Waals surface area contributed by atoms with Crippen LogP contribution in [0.3, 0.4) is 0 Å². The molecule has 2 nitrogen and oxygen atoms in total. The fourth-order valence-corrected chi connectivity index (χ4v) is 4.62. The lowest BCUT2D eigenvalue weighted by atomic mass is 9.97. The first-order valence-electron chi connectivity index (χ1n) is 8.20. The summed E-state index contributed by atoms with van der Waals surface area (Å²) < 4.78 is 1.19. The monoisotopic (exact) mass is 374 g/mol. The number of nitrogens with zero attached hydrogens (tertiary/aromatic N) is 1. The van der Waals surface area contributed by atoms with Gasteiger partial charge in [-0.05, 0) is 53.2 Å². The van der Waals surface area contributed by atoms with E-state index in [2.05, 4.69) is 67.6 Å². The van der Waals surface area contributed by atoms with Crippen molar-refractivity contribution in [3.05, 3.63) is 20.8 Å². The van der Waals surface area contributed by atoms with Crippen molar-refractivity contribution in [2.24, 2.45) is 11.7 Å².